The summed E-state index contributed by atoms with van der Waals surface area (Å²) in [5.74, 6) is 0.177. The van der Waals surface area contributed by atoms with Gasteiger partial charge in [0.25, 0.3) is 0 Å². The number of amides is 2. The summed E-state index contributed by atoms with van der Waals surface area (Å²) >= 11 is 4.30. The van der Waals surface area contributed by atoms with E-state index in [-0.39, 0.29) is 22.3 Å². The van der Waals surface area contributed by atoms with Crippen LogP contribution < -0.4 is 9.80 Å². The van der Waals surface area contributed by atoms with Crippen molar-refractivity contribution >= 4 is 58.0 Å². The van der Waals surface area contributed by atoms with Crippen molar-refractivity contribution in [3.63, 3.8) is 0 Å². The van der Waals surface area contributed by atoms with Crippen molar-refractivity contribution in [2.24, 2.45) is 0 Å². The number of para-hydroxylation sites is 2. The summed E-state index contributed by atoms with van der Waals surface area (Å²) in [5, 5.41) is 8.02. The summed E-state index contributed by atoms with van der Waals surface area (Å²) < 4.78 is 1.49. The predicted octanol–water partition coefficient (Wildman–Crippen LogP) is 4.68. The highest BCUT2D eigenvalue weighted by Crippen LogP contribution is 2.37. The number of rotatable bonds is 6. The molecule has 3 aromatic rings. The van der Waals surface area contributed by atoms with Gasteiger partial charge in [-0.2, -0.15) is 0 Å². The molecule has 2 atom stereocenters. The molecule has 6 nitrogen and oxygen atoms in total. The van der Waals surface area contributed by atoms with E-state index in [0.29, 0.717) is 0 Å². The number of benzene rings is 2. The van der Waals surface area contributed by atoms with Gasteiger partial charge in [0, 0.05) is 24.5 Å². The number of carbonyl (C=O) groups is 2. The van der Waals surface area contributed by atoms with E-state index in [9.17, 15) is 9.59 Å². The van der Waals surface area contributed by atoms with Gasteiger partial charge in [0.15, 0.2) is 8.68 Å². The van der Waals surface area contributed by atoms with Gasteiger partial charge >= 0.3 is 0 Å². The van der Waals surface area contributed by atoms with Crippen LogP contribution in [0, 0.1) is 0 Å². The topological polar surface area (TPSA) is 66.4 Å². The Balaban J connectivity index is 1.19. The van der Waals surface area contributed by atoms with Gasteiger partial charge in [-0.15, -0.1) is 10.2 Å². The molecule has 0 spiro atoms. The molecule has 2 amide bonds. The van der Waals surface area contributed by atoms with E-state index >= 15 is 0 Å². The number of hydrogen-bond donors (Lipinski definition) is 0. The zero-order valence-corrected chi connectivity index (χ0v) is 20.9. The number of hydrogen-bond acceptors (Lipinski definition) is 7. The summed E-state index contributed by atoms with van der Waals surface area (Å²) in [6.07, 6.45) is 1.79. The van der Waals surface area contributed by atoms with Crippen LogP contribution in [0.5, 0.6) is 0 Å². The lowest BCUT2D eigenvalue weighted by atomic mass is 10.2. The molecule has 0 bridgehead atoms. The number of carbonyl (C=O) groups excluding carboxylic acids is 2. The van der Waals surface area contributed by atoms with Crippen LogP contribution in [0.1, 0.15) is 25.0 Å². The van der Waals surface area contributed by atoms with E-state index in [1.165, 1.54) is 46.0 Å². The predicted molar refractivity (Wildman–Crippen MR) is 136 cm³/mol. The van der Waals surface area contributed by atoms with E-state index in [4.69, 9.17) is 0 Å². The molecule has 33 heavy (non-hydrogen) atoms. The quantitative estimate of drug-likeness (QED) is 0.462. The highest BCUT2D eigenvalue weighted by atomic mass is 32.2. The summed E-state index contributed by atoms with van der Waals surface area (Å²) in [7, 11) is 0. The van der Waals surface area contributed by atoms with Crippen LogP contribution in [0.25, 0.3) is 0 Å². The fourth-order valence-corrected chi connectivity index (χ4v) is 7.70. The fraction of sp³-hybridized carbons (Fsp3) is 0.333. The molecule has 2 aliphatic heterocycles. The standard InChI is InChI=1S/C24H24N4O2S3/c1-15(21(29)27-13-11-17-7-3-5-9-19(17)27)31-23-25-26-24(33-23)32-16(2)22(30)28-14-12-18-8-4-6-10-20(18)28/h3-10,15-16H,11-14H2,1-2H3. The molecule has 3 heterocycles. The minimum atomic E-state index is -0.262. The molecule has 0 N–H and O–H groups in total. The second-order valence-electron chi connectivity index (χ2n) is 8.09. The van der Waals surface area contributed by atoms with Gasteiger partial charge in [0.1, 0.15) is 0 Å². The van der Waals surface area contributed by atoms with E-state index in [2.05, 4.69) is 22.3 Å². The van der Waals surface area contributed by atoms with E-state index < -0.39 is 0 Å². The first-order valence-electron chi connectivity index (χ1n) is 11.0. The van der Waals surface area contributed by atoms with Gasteiger partial charge < -0.3 is 9.80 Å². The average Bonchev–Trinajstić information content (AvgIpc) is 3.56. The lowest BCUT2D eigenvalue weighted by molar-refractivity contribution is -0.118. The Kier molecular flexibility index (Phi) is 6.44. The van der Waals surface area contributed by atoms with Crippen LogP contribution in [-0.4, -0.2) is 45.6 Å². The Hall–Kier alpha value is -2.36. The smallest absolute Gasteiger partial charge is 0.240 e. The van der Waals surface area contributed by atoms with Crippen LogP contribution in [-0.2, 0) is 22.4 Å². The summed E-state index contributed by atoms with van der Waals surface area (Å²) in [6.45, 7) is 5.28. The van der Waals surface area contributed by atoms with Crippen LogP contribution >= 0.6 is 34.9 Å². The lowest BCUT2D eigenvalue weighted by Crippen LogP contribution is -2.35. The van der Waals surface area contributed by atoms with Crippen LogP contribution in [0.4, 0.5) is 11.4 Å². The molecule has 2 aliphatic rings. The molecule has 0 radical (unpaired) electrons. The second kappa shape index (κ2) is 9.48. The van der Waals surface area contributed by atoms with Crippen molar-refractivity contribution in [3.8, 4) is 0 Å². The molecule has 0 aliphatic carbocycles. The Morgan fingerprint density at radius 1 is 0.788 bits per heavy atom. The normalized spacial score (nSPS) is 16.4. The minimum absolute atomic E-state index is 0.0885. The Bertz CT molecular complexity index is 1110. The molecular formula is C24H24N4O2S3. The number of thioether (sulfide) groups is 2. The highest BCUT2D eigenvalue weighted by Gasteiger charge is 2.31. The maximum absolute atomic E-state index is 13.0. The molecule has 0 saturated carbocycles. The summed E-state index contributed by atoms with van der Waals surface area (Å²) in [4.78, 5) is 29.8. The van der Waals surface area contributed by atoms with Gasteiger partial charge in [-0.25, -0.2) is 0 Å². The third-order valence-corrected chi connectivity index (χ3v) is 9.21. The Labute approximate surface area is 205 Å². The first-order chi connectivity index (χ1) is 16.0. The SMILES string of the molecule is CC(Sc1nnc(SC(C)C(=O)N2CCc3ccccc32)s1)C(=O)N1CCc2ccccc21. The number of aromatic nitrogens is 2. The zero-order chi connectivity index (χ0) is 22.9. The Morgan fingerprint density at radius 2 is 1.21 bits per heavy atom. The fourth-order valence-electron chi connectivity index (χ4n) is 4.27. The second-order valence-corrected chi connectivity index (χ2v) is 12.2. The largest absolute Gasteiger partial charge is 0.311 e. The minimum Gasteiger partial charge on any atom is -0.311 e. The van der Waals surface area contributed by atoms with Crippen LogP contribution in [0.2, 0.25) is 0 Å². The van der Waals surface area contributed by atoms with Gasteiger partial charge in [-0.1, -0.05) is 71.3 Å². The molecule has 1 aromatic heterocycles. The summed E-state index contributed by atoms with van der Waals surface area (Å²) in [5.41, 5.74) is 4.47. The van der Waals surface area contributed by atoms with Gasteiger partial charge in [0.2, 0.25) is 11.8 Å². The molecule has 0 fully saturated rings. The molecule has 0 saturated heterocycles. The van der Waals surface area contributed by atoms with Gasteiger partial charge in [-0.3, -0.25) is 9.59 Å². The molecule has 5 rings (SSSR count). The van der Waals surface area contributed by atoms with Crippen molar-refractivity contribution in [3.05, 3.63) is 59.7 Å². The van der Waals surface area contributed by atoms with E-state index in [0.717, 1.165) is 46.0 Å². The maximum atomic E-state index is 13.0. The van der Waals surface area contributed by atoms with Crippen molar-refractivity contribution < 1.29 is 9.59 Å². The molecule has 9 heteroatoms. The van der Waals surface area contributed by atoms with Gasteiger partial charge in [-0.05, 0) is 49.9 Å². The average molecular weight is 497 g/mol. The maximum Gasteiger partial charge on any atom is 0.240 e. The first-order valence-corrected chi connectivity index (χ1v) is 13.5. The Morgan fingerprint density at radius 3 is 1.67 bits per heavy atom. The third-order valence-electron chi connectivity index (χ3n) is 5.95. The monoisotopic (exact) mass is 496 g/mol. The third kappa shape index (κ3) is 4.54. The molecule has 170 valence electrons. The van der Waals surface area contributed by atoms with E-state index in [1.54, 1.807) is 0 Å². The molecule has 2 unspecified atom stereocenters. The van der Waals surface area contributed by atoms with Crippen molar-refractivity contribution in [1.82, 2.24) is 10.2 Å². The molecular weight excluding hydrogens is 472 g/mol. The number of nitrogens with zero attached hydrogens (tertiary/aromatic N) is 4. The lowest BCUT2D eigenvalue weighted by Gasteiger charge is -2.20. The van der Waals surface area contributed by atoms with Crippen LogP contribution in [0.3, 0.4) is 0 Å². The molecule has 2 aromatic carbocycles. The van der Waals surface area contributed by atoms with Gasteiger partial charge in [0.05, 0.1) is 10.5 Å². The number of anilines is 2. The van der Waals surface area contributed by atoms with Crippen LogP contribution in [0.15, 0.2) is 57.2 Å². The first kappa shape index (κ1) is 22.4. The van der Waals surface area contributed by atoms with Crippen molar-refractivity contribution in [2.75, 3.05) is 22.9 Å². The highest BCUT2D eigenvalue weighted by molar-refractivity contribution is 8.04. The van der Waals surface area contributed by atoms with Crippen molar-refractivity contribution in [2.45, 2.75) is 45.9 Å². The van der Waals surface area contributed by atoms with Crippen molar-refractivity contribution in [1.29, 1.82) is 0 Å². The van der Waals surface area contributed by atoms with E-state index in [1.807, 2.05) is 60.0 Å². The summed E-state index contributed by atoms with van der Waals surface area (Å²) in [6, 6.07) is 16.2. The zero-order valence-electron chi connectivity index (χ0n) is 18.4. The number of fused-ring (bicyclic) bond motifs is 2.